The lowest BCUT2D eigenvalue weighted by Crippen LogP contribution is -2.20. The fourth-order valence-corrected chi connectivity index (χ4v) is 3.48. The Hall–Kier alpha value is 0.230. The van der Waals surface area contributed by atoms with Crippen molar-refractivity contribution in [2.24, 2.45) is 0 Å². The molecule has 0 fully saturated rings. The molecule has 0 amide bonds. The van der Waals surface area contributed by atoms with Crippen molar-refractivity contribution in [2.75, 3.05) is 45.0 Å². The average molecular weight is 349 g/mol. The van der Waals surface area contributed by atoms with Crippen LogP contribution in [0.3, 0.4) is 0 Å². The van der Waals surface area contributed by atoms with Crippen molar-refractivity contribution >= 4 is 11.8 Å². The molecule has 0 aromatic rings. The minimum Gasteiger partial charge on any atom is -0.382 e. The van der Waals surface area contributed by atoms with Crippen LogP contribution in [0.15, 0.2) is 0 Å². The van der Waals surface area contributed by atoms with Crippen LogP contribution in [0.4, 0.5) is 0 Å². The van der Waals surface area contributed by atoms with Crippen LogP contribution in [0.25, 0.3) is 0 Å². The summed E-state index contributed by atoms with van der Waals surface area (Å²) in [4.78, 5) is 0. The fraction of sp³-hybridized carbons (Fsp3) is 1.00. The van der Waals surface area contributed by atoms with Gasteiger partial charge in [-0.05, 0) is 18.6 Å². The summed E-state index contributed by atoms with van der Waals surface area (Å²) in [6, 6.07) is 0. The van der Waals surface area contributed by atoms with Crippen LogP contribution < -0.4 is 0 Å². The molecule has 0 aromatic carbocycles. The van der Waals surface area contributed by atoms with Gasteiger partial charge in [-0.1, -0.05) is 58.8 Å². The van der Waals surface area contributed by atoms with Gasteiger partial charge >= 0.3 is 0 Å². The predicted molar refractivity (Wildman–Crippen MR) is 103 cm³/mol. The van der Waals surface area contributed by atoms with Crippen LogP contribution >= 0.6 is 11.8 Å². The van der Waals surface area contributed by atoms with Gasteiger partial charge in [-0.25, -0.2) is 0 Å². The fourth-order valence-electron chi connectivity index (χ4n) is 2.38. The highest BCUT2D eigenvalue weighted by atomic mass is 32.2. The van der Waals surface area contributed by atoms with Crippen LogP contribution in [0.5, 0.6) is 0 Å². The Morgan fingerprint density at radius 2 is 1.48 bits per heavy atom. The molecule has 0 saturated carbocycles. The molecule has 0 bridgehead atoms. The second kappa shape index (κ2) is 20.3. The van der Waals surface area contributed by atoms with Gasteiger partial charge in [0, 0.05) is 12.9 Å². The summed E-state index contributed by atoms with van der Waals surface area (Å²) in [5.41, 5.74) is 0. The van der Waals surface area contributed by atoms with Gasteiger partial charge in [0.2, 0.25) is 0 Å². The second-order valence-corrected chi connectivity index (χ2v) is 7.23. The smallest absolute Gasteiger partial charge is 0.0704 e. The van der Waals surface area contributed by atoms with Gasteiger partial charge in [-0.15, -0.1) is 0 Å². The maximum Gasteiger partial charge on any atom is 0.0704 e. The Morgan fingerprint density at radius 1 is 0.783 bits per heavy atom. The third kappa shape index (κ3) is 18.4. The van der Waals surface area contributed by atoms with Gasteiger partial charge in [0.05, 0.1) is 32.5 Å². The highest BCUT2D eigenvalue weighted by molar-refractivity contribution is 7.99. The van der Waals surface area contributed by atoms with Gasteiger partial charge in [-0.2, -0.15) is 11.8 Å². The molecule has 0 spiro atoms. The quantitative estimate of drug-likeness (QED) is 0.295. The highest BCUT2D eigenvalue weighted by Gasteiger charge is 2.09. The predicted octanol–water partition coefficient (Wildman–Crippen LogP) is 5.32. The van der Waals surface area contributed by atoms with E-state index in [0.29, 0.717) is 32.5 Å². The van der Waals surface area contributed by atoms with Crippen molar-refractivity contribution in [2.45, 2.75) is 77.7 Å². The Labute approximate surface area is 149 Å². The molecule has 140 valence electrons. The van der Waals surface area contributed by atoms with E-state index in [1.54, 1.807) is 7.11 Å². The molecular formula is C19H40O3S. The molecule has 0 aromatic heterocycles. The SMILES string of the molecule is CCCCCCSC[C@H](CCCCCC)OCCOCCOC. The van der Waals surface area contributed by atoms with Gasteiger partial charge < -0.3 is 14.2 Å². The molecule has 0 N–H and O–H groups in total. The summed E-state index contributed by atoms with van der Waals surface area (Å²) in [5, 5.41) is 0. The average Bonchev–Trinajstić information content (AvgIpc) is 2.57. The van der Waals surface area contributed by atoms with E-state index >= 15 is 0 Å². The van der Waals surface area contributed by atoms with Crippen molar-refractivity contribution < 1.29 is 14.2 Å². The number of methoxy groups -OCH3 is 1. The van der Waals surface area contributed by atoms with Crippen molar-refractivity contribution in [1.82, 2.24) is 0 Å². The maximum absolute atomic E-state index is 6.04. The Balaban J connectivity index is 3.70. The van der Waals surface area contributed by atoms with Crippen molar-refractivity contribution in [3.63, 3.8) is 0 Å². The molecule has 0 rings (SSSR count). The van der Waals surface area contributed by atoms with Crippen molar-refractivity contribution in [3.8, 4) is 0 Å². The summed E-state index contributed by atoms with van der Waals surface area (Å²) in [5.74, 6) is 2.41. The zero-order valence-electron chi connectivity index (χ0n) is 15.8. The Bertz CT molecular complexity index is 199. The van der Waals surface area contributed by atoms with Crippen molar-refractivity contribution in [3.05, 3.63) is 0 Å². The molecule has 0 saturated heterocycles. The van der Waals surface area contributed by atoms with E-state index < -0.39 is 0 Å². The molecule has 23 heavy (non-hydrogen) atoms. The first kappa shape index (κ1) is 23.2. The van der Waals surface area contributed by atoms with E-state index in [1.807, 2.05) is 0 Å². The van der Waals surface area contributed by atoms with E-state index in [9.17, 15) is 0 Å². The minimum atomic E-state index is 0.397. The summed E-state index contributed by atoms with van der Waals surface area (Å²) >= 11 is 2.06. The van der Waals surface area contributed by atoms with Crippen LogP contribution in [-0.2, 0) is 14.2 Å². The summed E-state index contributed by atoms with van der Waals surface area (Å²) < 4.78 is 16.5. The lowest BCUT2D eigenvalue weighted by Gasteiger charge is -2.18. The normalized spacial score (nSPS) is 12.7. The first-order chi connectivity index (χ1) is 11.3. The summed E-state index contributed by atoms with van der Waals surface area (Å²) in [6.45, 7) is 7.23. The number of hydrogen-bond acceptors (Lipinski definition) is 4. The first-order valence-corrected chi connectivity index (χ1v) is 10.8. The molecule has 1 atom stereocenters. The number of unbranched alkanes of at least 4 members (excludes halogenated alkanes) is 6. The zero-order chi connectivity index (χ0) is 17.0. The van der Waals surface area contributed by atoms with Crippen LogP contribution in [0.1, 0.15) is 71.6 Å². The Morgan fingerprint density at radius 3 is 2.17 bits per heavy atom. The van der Waals surface area contributed by atoms with Gasteiger partial charge in [0.15, 0.2) is 0 Å². The third-order valence-corrected chi connectivity index (χ3v) is 5.02. The summed E-state index contributed by atoms with van der Waals surface area (Å²) in [7, 11) is 1.70. The maximum atomic E-state index is 6.04. The molecule has 0 radical (unpaired) electrons. The standard InChI is InChI=1S/C19H40O3S/c1-4-6-8-10-12-19(18-23-17-11-9-7-5-2)22-16-15-21-14-13-20-3/h19H,4-18H2,1-3H3/t19-/m0/s1. The number of rotatable bonds is 19. The molecule has 0 aliphatic carbocycles. The molecule has 0 unspecified atom stereocenters. The lowest BCUT2D eigenvalue weighted by molar-refractivity contribution is -0.00185. The monoisotopic (exact) mass is 348 g/mol. The molecule has 4 heteroatoms. The number of thioether (sulfide) groups is 1. The van der Waals surface area contributed by atoms with Crippen LogP contribution in [0.2, 0.25) is 0 Å². The second-order valence-electron chi connectivity index (χ2n) is 6.08. The molecule has 0 aliphatic heterocycles. The summed E-state index contributed by atoms with van der Waals surface area (Å²) in [6.07, 6.45) is 12.3. The van der Waals surface area contributed by atoms with Gasteiger partial charge in [0.1, 0.15) is 0 Å². The Kier molecular flexibility index (Phi) is 20.5. The zero-order valence-corrected chi connectivity index (χ0v) is 16.6. The van der Waals surface area contributed by atoms with E-state index in [0.717, 1.165) is 5.75 Å². The van der Waals surface area contributed by atoms with Crippen LogP contribution in [0, 0.1) is 0 Å². The first-order valence-electron chi connectivity index (χ1n) is 9.61. The number of hydrogen-bond donors (Lipinski definition) is 0. The van der Waals surface area contributed by atoms with Crippen LogP contribution in [-0.4, -0.2) is 51.1 Å². The largest absolute Gasteiger partial charge is 0.382 e. The van der Waals surface area contributed by atoms with Crippen molar-refractivity contribution in [1.29, 1.82) is 0 Å². The van der Waals surface area contributed by atoms with E-state index in [1.165, 1.54) is 63.5 Å². The molecule has 0 aliphatic rings. The van der Waals surface area contributed by atoms with Gasteiger partial charge in [0.25, 0.3) is 0 Å². The lowest BCUT2D eigenvalue weighted by atomic mass is 10.1. The highest BCUT2D eigenvalue weighted by Crippen LogP contribution is 2.15. The molecule has 0 heterocycles. The third-order valence-electron chi connectivity index (χ3n) is 3.84. The molecule has 3 nitrogen and oxygen atoms in total. The van der Waals surface area contributed by atoms with E-state index in [-0.39, 0.29) is 0 Å². The van der Waals surface area contributed by atoms with Gasteiger partial charge in [-0.3, -0.25) is 0 Å². The number of ether oxygens (including phenoxy) is 3. The van der Waals surface area contributed by atoms with E-state index in [4.69, 9.17) is 14.2 Å². The minimum absolute atomic E-state index is 0.397. The van der Waals surface area contributed by atoms with E-state index in [2.05, 4.69) is 25.6 Å². The molecular weight excluding hydrogens is 308 g/mol. The topological polar surface area (TPSA) is 27.7 Å².